The van der Waals surface area contributed by atoms with Crippen LogP contribution in [-0.2, 0) is 11.3 Å². The van der Waals surface area contributed by atoms with Gasteiger partial charge < -0.3 is 4.74 Å². The normalized spacial score (nSPS) is 10.6. The van der Waals surface area contributed by atoms with E-state index in [2.05, 4.69) is 0 Å². The van der Waals surface area contributed by atoms with Crippen LogP contribution in [0, 0.1) is 17.5 Å². The number of carbonyl (C=O) groups is 1. The Morgan fingerprint density at radius 1 is 1.00 bits per heavy atom. The molecule has 2 rings (SSSR count). The second-order valence-corrected chi connectivity index (χ2v) is 4.13. The van der Waals surface area contributed by atoms with Gasteiger partial charge in [-0.1, -0.05) is 18.2 Å². The highest BCUT2D eigenvalue weighted by Crippen LogP contribution is 2.12. The van der Waals surface area contributed by atoms with Gasteiger partial charge in [-0.05, 0) is 24.3 Å². The molecule has 0 aliphatic rings. The second kappa shape index (κ2) is 6.34. The van der Waals surface area contributed by atoms with Crippen molar-refractivity contribution in [1.29, 1.82) is 0 Å². The van der Waals surface area contributed by atoms with E-state index in [0.717, 1.165) is 18.2 Å². The predicted molar refractivity (Wildman–Crippen MR) is 66.7 cm³/mol. The molecule has 0 N–H and O–H groups in total. The molecule has 0 heterocycles. The van der Waals surface area contributed by atoms with Crippen LogP contribution in [0.15, 0.2) is 42.5 Å². The molecule has 0 aliphatic heterocycles. The minimum Gasteiger partial charge on any atom is -0.369 e. The Bertz CT molecular complexity index is 626. The van der Waals surface area contributed by atoms with Crippen LogP contribution in [0.4, 0.5) is 13.2 Å². The van der Waals surface area contributed by atoms with Gasteiger partial charge in [0.2, 0.25) is 0 Å². The molecule has 104 valence electrons. The van der Waals surface area contributed by atoms with Crippen LogP contribution in [0.25, 0.3) is 0 Å². The number of rotatable bonds is 5. The van der Waals surface area contributed by atoms with Crippen molar-refractivity contribution < 1.29 is 22.7 Å². The van der Waals surface area contributed by atoms with Gasteiger partial charge in [-0.3, -0.25) is 4.79 Å². The highest BCUT2D eigenvalue weighted by molar-refractivity contribution is 5.97. The molecule has 0 aliphatic carbocycles. The zero-order valence-corrected chi connectivity index (χ0v) is 10.4. The van der Waals surface area contributed by atoms with Crippen LogP contribution >= 0.6 is 0 Å². The molecule has 0 unspecified atom stereocenters. The van der Waals surface area contributed by atoms with Crippen molar-refractivity contribution >= 4 is 5.78 Å². The highest BCUT2D eigenvalue weighted by Gasteiger charge is 2.13. The molecule has 0 fully saturated rings. The summed E-state index contributed by atoms with van der Waals surface area (Å²) in [6, 6.07) is 8.56. The van der Waals surface area contributed by atoms with Gasteiger partial charge in [0.05, 0.1) is 12.2 Å². The number of ether oxygens (including phenoxy) is 1. The van der Waals surface area contributed by atoms with Gasteiger partial charge in [-0.2, -0.15) is 0 Å². The Morgan fingerprint density at radius 3 is 2.50 bits per heavy atom. The van der Waals surface area contributed by atoms with Crippen LogP contribution in [0.1, 0.15) is 15.9 Å². The van der Waals surface area contributed by atoms with Gasteiger partial charge in [-0.15, -0.1) is 0 Å². The van der Waals surface area contributed by atoms with E-state index >= 15 is 0 Å². The van der Waals surface area contributed by atoms with Crippen molar-refractivity contribution in [3.8, 4) is 0 Å². The van der Waals surface area contributed by atoms with E-state index in [1.54, 1.807) is 6.07 Å². The summed E-state index contributed by atoms with van der Waals surface area (Å²) in [4.78, 5) is 11.7. The fourth-order valence-electron chi connectivity index (χ4n) is 1.66. The SMILES string of the molecule is O=C(COCc1ccccc1F)c1cc(F)ccc1F. The molecule has 0 amide bonds. The van der Waals surface area contributed by atoms with Gasteiger partial charge in [-0.25, -0.2) is 13.2 Å². The first-order chi connectivity index (χ1) is 9.58. The number of halogens is 3. The third kappa shape index (κ3) is 3.45. The zero-order valence-electron chi connectivity index (χ0n) is 10.4. The molecular weight excluding hydrogens is 269 g/mol. The Hall–Kier alpha value is -2.14. The van der Waals surface area contributed by atoms with Gasteiger partial charge in [0.25, 0.3) is 0 Å². The van der Waals surface area contributed by atoms with Crippen molar-refractivity contribution in [2.75, 3.05) is 6.61 Å². The van der Waals surface area contributed by atoms with E-state index in [-0.39, 0.29) is 12.2 Å². The fourth-order valence-corrected chi connectivity index (χ4v) is 1.66. The monoisotopic (exact) mass is 280 g/mol. The molecule has 2 aromatic carbocycles. The Morgan fingerprint density at radius 2 is 1.75 bits per heavy atom. The first-order valence-electron chi connectivity index (χ1n) is 5.87. The maximum absolute atomic E-state index is 13.3. The van der Waals surface area contributed by atoms with E-state index in [1.165, 1.54) is 18.2 Å². The number of hydrogen-bond acceptors (Lipinski definition) is 2. The van der Waals surface area contributed by atoms with Gasteiger partial charge >= 0.3 is 0 Å². The smallest absolute Gasteiger partial charge is 0.191 e. The number of benzene rings is 2. The lowest BCUT2D eigenvalue weighted by atomic mass is 10.1. The van der Waals surface area contributed by atoms with Crippen molar-refractivity contribution in [3.05, 3.63) is 71.0 Å². The first-order valence-corrected chi connectivity index (χ1v) is 5.87. The minimum absolute atomic E-state index is 0.116. The Balaban J connectivity index is 1.96. The summed E-state index contributed by atoms with van der Waals surface area (Å²) in [6.45, 7) is -0.565. The number of ketones is 1. The Kier molecular flexibility index (Phi) is 4.53. The first kappa shape index (κ1) is 14.3. The van der Waals surface area contributed by atoms with E-state index < -0.39 is 29.8 Å². The number of hydrogen-bond donors (Lipinski definition) is 0. The van der Waals surface area contributed by atoms with Gasteiger partial charge in [0, 0.05) is 5.56 Å². The molecule has 5 heteroatoms. The molecule has 0 saturated heterocycles. The fraction of sp³-hybridized carbons (Fsp3) is 0.133. The average molecular weight is 280 g/mol. The van der Waals surface area contributed by atoms with Crippen LogP contribution in [0.3, 0.4) is 0 Å². The lowest BCUT2D eigenvalue weighted by Gasteiger charge is -2.06. The molecule has 0 atom stereocenters. The summed E-state index contributed by atoms with van der Waals surface area (Å²) in [5.41, 5.74) is -0.0847. The molecule has 2 aromatic rings. The van der Waals surface area contributed by atoms with Crippen molar-refractivity contribution in [2.24, 2.45) is 0 Å². The summed E-state index contributed by atoms with van der Waals surface area (Å²) < 4.78 is 44.6. The van der Waals surface area contributed by atoms with Gasteiger partial charge in [0.1, 0.15) is 24.1 Å². The summed E-state index contributed by atoms with van der Waals surface area (Å²) in [6.07, 6.45) is 0. The predicted octanol–water partition coefficient (Wildman–Crippen LogP) is 3.50. The second-order valence-electron chi connectivity index (χ2n) is 4.13. The lowest BCUT2D eigenvalue weighted by Crippen LogP contribution is -2.11. The highest BCUT2D eigenvalue weighted by atomic mass is 19.1. The van der Waals surface area contributed by atoms with Gasteiger partial charge in [0.15, 0.2) is 5.78 Å². The molecule has 0 saturated carbocycles. The molecule has 2 nitrogen and oxygen atoms in total. The number of Topliss-reactive ketones (excluding diaryl/α,β-unsaturated/α-hetero) is 1. The third-order valence-corrected chi connectivity index (χ3v) is 2.68. The minimum atomic E-state index is -0.814. The van der Waals surface area contributed by atoms with E-state index in [1.807, 2.05) is 0 Å². The topological polar surface area (TPSA) is 26.3 Å². The molecule has 0 bridgehead atoms. The molecule has 0 spiro atoms. The van der Waals surface area contributed by atoms with Crippen LogP contribution < -0.4 is 0 Å². The largest absolute Gasteiger partial charge is 0.369 e. The molecule has 0 aromatic heterocycles. The maximum atomic E-state index is 13.3. The molecular formula is C15H11F3O2. The number of carbonyl (C=O) groups excluding carboxylic acids is 1. The van der Waals surface area contributed by atoms with E-state index in [9.17, 15) is 18.0 Å². The molecule has 0 radical (unpaired) electrons. The van der Waals surface area contributed by atoms with E-state index in [4.69, 9.17) is 4.74 Å². The van der Waals surface area contributed by atoms with Crippen molar-refractivity contribution in [2.45, 2.75) is 6.61 Å². The summed E-state index contributed by atoms with van der Waals surface area (Å²) in [7, 11) is 0. The van der Waals surface area contributed by atoms with Crippen LogP contribution in [0.2, 0.25) is 0 Å². The summed E-state index contributed by atoms with van der Waals surface area (Å²) in [5.74, 6) is -2.66. The molecule has 20 heavy (non-hydrogen) atoms. The maximum Gasteiger partial charge on any atom is 0.191 e. The van der Waals surface area contributed by atoms with E-state index in [0.29, 0.717) is 5.56 Å². The van der Waals surface area contributed by atoms with Crippen molar-refractivity contribution in [1.82, 2.24) is 0 Å². The summed E-state index contributed by atoms with van der Waals surface area (Å²) in [5, 5.41) is 0. The summed E-state index contributed by atoms with van der Waals surface area (Å²) >= 11 is 0. The van der Waals surface area contributed by atoms with Crippen LogP contribution in [-0.4, -0.2) is 12.4 Å². The third-order valence-electron chi connectivity index (χ3n) is 2.68. The average Bonchev–Trinajstić information content (AvgIpc) is 2.43. The zero-order chi connectivity index (χ0) is 14.5. The Labute approximate surface area is 113 Å². The lowest BCUT2D eigenvalue weighted by molar-refractivity contribution is 0.0716. The standard InChI is InChI=1S/C15H11F3O2/c16-11-5-6-14(18)12(7-11)15(19)9-20-8-10-3-1-2-4-13(10)17/h1-7H,8-9H2. The quantitative estimate of drug-likeness (QED) is 0.783. The van der Waals surface area contributed by atoms with Crippen molar-refractivity contribution in [3.63, 3.8) is 0 Å². The van der Waals surface area contributed by atoms with Crippen LogP contribution in [0.5, 0.6) is 0 Å².